The van der Waals surface area contributed by atoms with E-state index in [0.717, 1.165) is 10.5 Å². The van der Waals surface area contributed by atoms with Crippen LogP contribution in [0.3, 0.4) is 0 Å². The minimum atomic E-state index is -1.34. The predicted octanol–water partition coefficient (Wildman–Crippen LogP) is 4.18. The summed E-state index contributed by atoms with van der Waals surface area (Å²) in [4.78, 5) is 54.0. The summed E-state index contributed by atoms with van der Waals surface area (Å²) in [5.74, 6) is -2.14. The van der Waals surface area contributed by atoms with E-state index in [2.05, 4.69) is 10.6 Å². The van der Waals surface area contributed by atoms with Crippen molar-refractivity contribution < 1.29 is 33.8 Å². The van der Waals surface area contributed by atoms with E-state index in [1.807, 2.05) is 30.3 Å². The number of esters is 1. The third-order valence-corrected chi connectivity index (χ3v) is 5.94. The molecule has 0 bridgehead atoms. The second-order valence-electron chi connectivity index (χ2n) is 12.0. The lowest BCUT2D eigenvalue weighted by molar-refractivity contribution is -0.159. The van der Waals surface area contributed by atoms with E-state index in [1.54, 1.807) is 60.6 Å². The summed E-state index contributed by atoms with van der Waals surface area (Å²) < 4.78 is 10.8. The van der Waals surface area contributed by atoms with E-state index >= 15 is 0 Å². The summed E-state index contributed by atoms with van der Waals surface area (Å²) in [5.41, 5.74) is -0.137. The summed E-state index contributed by atoms with van der Waals surface area (Å²) in [6, 6.07) is 10.5. The monoisotopic (exact) mass is 569 g/mol. The molecule has 2 aromatic carbocycles. The molecule has 2 aromatic rings. The second-order valence-corrected chi connectivity index (χ2v) is 12.0. The number of carbonyl (C=O) groups is 4. The smallest absolute Gasteiger partial charge is 0.408 e. The number of alkyl carbamates (subject to hydrolysis) is 1. The average molecular weight is 570 g/mol. The van der Waals surface area contributed by atoms with Crippen LogP contribution in [0.1, 0.15) is 71.2 Å². The third-order valence-electron chi connectivity index (χ3n) is 5.94. The van der Waals surface area contributed by atoms with E-state index in [1.165, 1.54) is 20.0 Å². The third kappa shape index (κ3) is 10.1. The van der Waals surface area contributed by atoms with Gasteiger partial charge in [0.15, 0.2) is 0 Å². The van der Waals surface area contributed by atoms with Gasteiger partial charge in [0.25, 0.3) is 0 Å². The normalized spacial score (nSPS) is 13.8. The molecule has 10 nitrogen and oxygen atoms in total. The zero-order valence-electron chi connectivity index (χ0n) is 25.4. The molecule has 0 aromatic heterocycles. The van der Waals surface area contributed by atoms with Gasteiger partial charge in [0.1, 0.15) is 35.1 Å². The number of aromatic hydroxyl groups is 1. The first-order valence-corrected chi connectivity index (χ1v) is 13.5. The Morgan fingerprint density at radius 2 is 1.46 bits per heavy atom. The molecular weight excluding hydrogens is 526 g/mol. The van der Waals surface area contributed by atoms with Crippen LogP contribution in [-0.4, -0.2) is 64.2 Å². The number of ether oxygens (including phenoxy) is 2. The maximum Gasteiger partial charge on any atom is 0.408 e. The first-order chi connectivity index (χ1) is 18.9. The van der Waals surface area contributed by atoms with Crippen molar-refractivity contribution in [3.8, 4) is 5.75 Å². The number of rotatable bonds is 9. The lowest BCUT2D eigenvalue weighted by atomic mass is 9.99. The van der Waals surface area contributed by atoms with Crippen molar-refractivity contribution >= 4 is 23.9 Å². The van der Waals surface area contributed by atoms with Crippen LogP contribution < -0.4 is 10.6 Å². The molecule has 2 rings (SSSR count). The molecule has 0 spiro atoms. The Hall–Kier alpha value is -4.08. The van der Waals surface area contributed by atoms with Crippen molar-refractivity contribution in [3.05, 3.63) is 65.2 Å². The zero-order valence-corrected chi connectivity index (χ0v) is 25.4. The van der Waals surface area contributed by atoms with Gasteiger partial charge in [-0.15, -0.1) is 0 Å². The Balaban J connectivity index is 2.44. The van der Waals surface area contributed by atoms with Crippen LogP contribution in [0, 0.1) is 6.92 Å². The van der Waals surface area contributed by atoms with Crippen LogP contribution in [-0.2, 0) is 30.3 Å². The highest BCUT2D eigenvalue weighted by molar-refractivity contribution is 5.94. The number of aryl methyl sites for hydroxylation is 1. The highest BCUT2D eigenvalue weighted by atomic mass is 16.6. The molecule has 0 aliphatic carbocycles. The van der Waals surface area contributed by atoms with Crippen LogP contribution in [0.4, 0.5) is 4.79 Å². The maximum atomic E-state index is 13.9. The fourth-order valence-electron chi connectivity index (χ4n) is 4.07. The molecule has 0 radical (unpaired) electrons. The van der Waals surface area contributed by atoms with Gasteiger partial charge in [-0.25, -0.2) is 9.59 Å². The van der Waals surface area contributed by atoms with Crippen LogP contribution in [0.15, 0.2) is 48.5 Å². The lowest BCUT2D eigenvalue weighted by Gasteiger charge is -2.32. The number of nitrogens with zero attached hydrogens (tertiary/aromatic N) is 1. The Morgan fingerprint density at radius 1 is 0.878 bits per heavy atom. The van der Waals surface area contributed by atoms with Crippen molar-refractivity contribution in [2.75, 3.05) is 7.05 Å². The van der Waals surface area contributed by atoms with Gasteiger partial charge in [0.05, 0.1) is 0 Å². The first kappa shape index (κ1) is 33.1. The number of amides is 3. The van der Waals surface area contributed by atoms with Crippen LogP contribution in [0.25, 0.3) is 0 Å². The van der Waals surface area contributed by atoms with Crippen molar-refractivity contribution in [1.82, 2.24) is 15.5 Å². The van der Waals surface area contributed by atoms with Gasteiger partial charge < -0.3 is 30.1 Å². The van der Waals surface area contributed by atoms with Crippen molar-refractivity contribution in [2.45, 2.75) is 91.1 Å². The molecule has 0 saturated heterocycles. The number of carbonyl (C=O) groups excluding carboxylic acids is 4. The number of hydrogen-bond acceptors (Lipinski definition) is 7. The molecule has 0 aliphatic rings. The SMILES string of the molecule is Cc1cccc(C(C(=O)NC(Cc2ccccc2)C(=O)OC(C)(C)C)N(C)C(=O)C(C)NC(=O)OC(C)(C)C)c1O. The van der Waals surface area contributed by atoms with Crippen molar-refractivity contribution in [2.24, 2.45) is 0 Å². The van der Waals surface area contributed by atoms with Crippen molar-refractivity contribution in [1.29, 1.82) is 0 Å². The summed E-state index contributed by atoms with van der Waals surface area (Å²) in [5, 5.41) is 16.1. The highest BCUT2D eigenvalue weighted by Crippen LogP contribution is 2.31. The summed E-state index contributed by atoms with van der Waals surface area (Å²) in [6.45, 7) is 13.4. The zero-order chi connectivity index (χ0) is 31.1. The Kier molecular flexibility index (Phi) is 10.9. The van der Waals surface area contributed by atoms with E-state index < -0.39 is 53.2 Å². The molecule has 3 unspecified atom stereocenters. The number of phenols is 1. The number of phenolic OH excluding ortho intramolecular Hbond substituents is 1. The molecule has 0 fully saturated rings. The van der Waals surface area contributed by atoms with E-state index in [9.17, 15) is 24.3 Å². The van der Waals surface area contributed by atoms with Crippen LogP contribution in [0.5, 0.6) is 5.75 Å². The molecule has 3 N–H and O–H groups in total. The molecule has 0 saturated carbocycles. The molecule has 10 heteroatoms. The molecular formula is C31H43N3O7. The van der Waals surface area contributed by atoms with Gasteiger partial charge in [-0.05, 0) is 66.5 Å². The van der Waals surface area contributed by atoms with Gasteiger partial charge in [-0.2, -0.15) is 0 Å². The highest BCUT2D eigenvalue weighted by Gasteiger charge is 2.37. The fourth-order valence-corrected chi connectivity index (χ4v) is 4.07. The molecule has 3 atom stereocenters. The Labute approximate surface area is 242 Å². The predicted molar refractivity (Wildman–Crippen MR) is 155 cm³/mol. The van der Waals surface area contributed by atoms with Gasteiger partial charge >= 0.3 is 12.1 Å². The number of nitrogens with one attached hydrogen (secondary N) is 2. The quantitative estimate of drug-likeness (QED) is 0.386. The first-order valence-electron chi connectivity index (χ1n) is 13.5. The molecule has 0 aliphatic heterocycles. The van der Waals surface area contributed by atoms with Gasteiger partial charge in [-0.1, -0.05) is 48.5 Å². The Bertz CT molecular complexity index is 1230. The van der Waals surface area contributed by atoms with Gasteiger partial charge in [0, 0.05) is 19.0 Å². The minimum absolute atomic E-state index is 0.141. The fraction of sp³-hybridized carbons (Fsp3) is 0.484. The number of para-hydroxylation sites is 1. The molecule has 41 heavy (non-hydrogen) atoms. The average Bonchev–Trinajstić information content (AvgIpc) is 2.84. The molecule has 0 heterocycles. The van der Waals surface area contributed by atoms with Crippen molar-refractivity contribution in [3.63, 3.8) is 0 Å². The molecule has 224 valence electrons. The van der Waals surface area contributed by atoms with E-state index in [4.69, 9.17) is 9.47 Å². The van der Waals surface area contributed by atoms with E-state index in [0.29, 0.717) is 5.56 Å². The summed E-state index contributed by atoms with van der Waals surface area (Å²) >= 11 is 0. The minimum Gasteiger partial charge on any atom is -0.507 e. The molecule has 3 amide bonds. The summed E-state index contributed by atoms with van der Waals surface area (Å²) in [6.07, 6.45) is -0.651. The largest absolute Gasteiger partial charge is 0.507 e. The number of hydrogen-bond donors (Lipinski definition) is 3. The van der Waals surface area contributed by atoms with Crippen LogP contribution in [0.2, 0.25) is 0 Å². The second kappa shape index (κ2) is 13.5. The van der Waals surface area contributed by atoms with Gasteiger partial charge in [-0.3, -0.25) is 9.59 Å². The van der Waals surface area contributed by atoms with Gasteiger partial charge in [0.2, 0.25) is 11.8 Å². The maximum absolute atomic E-state index is 13.9. The standard InChI is InChI=1S/C31H43N3O7/c1-19-14-13-17-22(25(19)35)24(34(9)27(37)20(2)32-29(39)41-31(6,7)8)26(36)33-23(28(38)40-30(3,4)5)18-21-15-11-10-12-16-21/h10-17,20,23-24,35H,18H2,1-9H3,(H,32,39)(H,33,36). The topological polar surface area (TPSA) is 134 Å². The Morgan fingerprint density at radius 3 is 2.02 bits per heavy atom. The van der Waals surface area contributed by atoms with Crippen LogP contribution >= 0.6 is 0 Å². The summed E-state index contributed by atoms with van der Waals surface area (Å²) in [7, 11) is 1.39. The van der Waals surface area contributed by atoms with E-state index in [-0.39, 0.29) is 17.7 Å². The number of likely N-dealkylation sites (N-methyl/N-ethyl adjacent to an activating group) is 1. The lowest BCUT2D eigenvalue weighted by Crippen LogP contribution is -2.53. The number of benzene rings is 2.